The first-order chi connectivity index (χ1) is 8.12. The Kier molecular flexibility index (Phi) is 4.63. The summed E-state index contributed by atoms with van der Waals surface area (Å²) < 4.78 is 15.0. The maximum atomic E-state index is 11.0. The third kappa shape index (κ3) is 3.27. The Morgan fingerprint density at radius 1 is 1.18 bits per heavy atom. The van der Waals surface area contributed by atoms with Gasteiger partial charge in [0.15, 0.2) is 0 Å². The summed E-state index contributed by atoms with van der Waals surface area (Å²) in [5.41, 5.74) is 1.66. The lowest BCUT2D eigenvalue weighted by Crippen LogP contribution is -2.15. The minimum Gasteiger partial charge on any atom is -0.496 e. The van der Waals surface area contributed by atoms with Crippen molar-refractivity contribution < 1.29 is 19.0 Å². The van der Waals surface area contributed by atoms with Crippen LogP contribution in [0.5, 0.6) is 11.5 Å². The van der Waals surface area contributed by atoms with Gasteiger partial charge in [0.25, 0.3) is 0 Å². The number of anilines is 1. The molecule has 0 bridgehead atoms. The van der Waals surface area contributed by atoms with Crippen molar-refractivity contribution in [2.24, 2.45) is 0 Å². The fourth-order valence-electron chi connectivity index (χ4n) is 1.43. The molecule has 5 heteroatoms. The van der Waals surface area contributed by atoms with E-state index in [9.17, 15) is 4.79 Å². The predicted octanol–water partition coefficient (Wildman–Crippen LogP) is 1.60. The molecule has 0 aromatic heterocycles. The molecule has 0 saturated heterocycles. The van der Waals surface area contributed by atoms with Gasteiger partial charge in [-0.1, -0.05) is 0 Å². The van der Waals surface area contributed by atoms with Crippen LogP contribution in [0, 0.1) is 6.92 Å². The van der Waals surface area contributed by atoms with Crippen molar-refractivity contribution in [1.29, 1.82) is 0 Å². The van der Waals surface area contributed by atoms with Crippen LogP contribution in [-0.2, 0) is 9.53 Å². The monoisotopic (exact) mass is 239 g/mol. The van der Waals surface area contributed by atoms with Gasteiger partial charge in [0.05, 0.1) is 27.0 Å². The lowest BCUT2D eigenvalue weighted by atomic mass is 10.2. The Morgan fingerprint density at radius 3 is 2.35 bits per heavy atom. The summed E-state index contributed by atoms with van der Waals surface area (Å²) in [7, 11) is 4.51. The van der Waals surface area contributed by atoms with Gasteiger partial charge in [0.1, 0.15) is 18.0 Å². The zero-order valence-electron chi connectivity index (χ0n) is 10.5. The summed E-state index contributed by atoms with van der Waals surface area (Å²) in [6.45, 7) is 2.00. The van der Waals surface area contributed by atoms with E-state index in [4.69, 9.17) is 9.47 Å². The number of ether oxygens (including phenoxy) is 3. The molecule has 0 atom stereocenters. The Morgan fingerprint density at radius 2 is 1.82 bits per heavy atom. The maximum Gasteiger partial charge on any atom is 0.325 e. The van der Waals surface area contributed by atoms with Crippen molar-refractivity contribution in [3.05, 3.63) is 17.7 Å². The van der Waals surface area contributed by atoms with Crippen molar-refractivity contribution in [2.75, 3.05) is 33.2 Å². The van der Waals surface area contributed by atoms with E-state index in [1.807, 2.05) is 13.0 Å². The van der Waals surface area contributed by atoms with E-state index in [0.717, 1.165) is 11.3 Å². The molecule has 0 aliphatic carbocycles. The van der Waals surface area contributed by atoms with Gasteiger partial charge < -0.3 is 19.5 Å². The molecule has 1 aromatic rings. The zero-order chi connectivity index (χ0) is 12.8. The second-order valence-corrected chi connectivity index (χ2v) is 3.45. The molecule has 94 valence electrons. The molecule has 0 aliphatic rings. The van der Waals surface area contributed by atoms with Crippen LogP contribution in [0.25, 0.3) is 0 Å². The summed E-state index contributed by atoms with van der Waals surface area (Å²) in [5, 5.41) is 2.94. The Labute approximate surface area is 101 Å². The van der Waals surface area contributed by atoms with E-state index < -0.39 is 0 Å². The highest BCUT2D eigenvalue weighted by Crippen LogP contribution is 2.32. The van der Waals surface area contributed by atoms with Gasteiger partial charge >= 0.3 is 5.97 Å². The molecule has 0 spiro atoms. The molecular formula is C12H17NO4. The van der Waals surface area contributed by atoms with Gasteiger partial charge in [-0.15, -0.1) is 0 Å². The van der Waals surface area contributed by atoms with Gasteiger partial charge in [0, 0.05) is 6.07 Å². The topological polar surface area (TPSA) is 56.8 Å². The largest absolute Gasteiger partial charge is 0.496 e. The molecule has 1 N–H and O–H groups in total. The summed E-state index contributed by atoms with van der Waals surface area (Å²) in [6, 6.07) is 3.63. The number of aryl methyl sites for hydroxylation is 1. The standard InChI is InChI=1S/C12H17NO4/c1-8-5-11(16-3)9(6-10(8)15-2)13-7-12(14)17-4/h5-6,13H,7H2,1-4H3. The van der Waals surface area contributed by atoms with Crippen molar-refractivity contribution in [3.8, 4) is 11.5 Å². The third-order valence-electron chi connectivity index (χ3n) is 2.37. The molecule has 0 fully saturated rings. The quantitative estimate of drug-likeness (QED) is 0.791. The van der Waals surface area contributed by atoms with Crippen molar-refractivity contribution in [3.63, 3.8) is 0 Å². The number of nitrogens with one attached hydrogen (secondary N) is 1. The molecule has 5 nitrogen and oxygen atoms in total. The summed E-state index contributed by atoms with van der Waals surface area (Å²) >= 11 is 0. The van der Waals surface area contributed by atoms with Crippen LogP contribution in [0.1, 0.15) is 5.56 Å². The van der Waals surface area contributed by atoms with E-state index in [1.54, 1.807) is 20.3 Å². The first-order valence-electron chi connectivity index (χ1n) is 5.15. The molecule has 0 heterocycles. The van der Waals surface area contributed by atoms with E-state index in [1.165, 1.54) is 7.11 Å². The van der Waals surface area contributed by atoms with Gasteiger partial charge in [0.2, 0.25) is 0 Å². The van der Waals surface area contributed by atoms with Crippen molar-refractivity contribution in [1.82, 2.24) is 0 Å². The van der Waals surface area contributed by atoms with Crippen LogP contribution in [0.2, 0.25) is 0 Å². The number of rotatable bonds is 5. The van der Waals surface area contributed by atoms with Crippen LogP contribution in [0.3, 0.4) is 0 Å². The second kappa shape index (κ2) is 5.98. The molecule has 0 aliphatic heterocycles. The van der Waals surface area contributed by atoms with Crippen molar-refractivity contribution >= 4 is 11.7 Å². The Balaban J connectivity index is 2.92. The van der Waals surface area contributed by atoms with E-state index >= 15 is 0 Å². The number of hydrogen-bond donors (Lipinski definition) is 1. The molecule has 1 rings (SSSR count). The normalized spacial score (nSPS) is 9.65. The fourth-order valence-corrected chi connectivity index (χ4v) is 1.43. The Bertz CT molecular complexity index is 404. The molecule has 17 heavy (non-hydrogen) atoms. The van der Waals surface area contributed by atoms with Gasteiger partial charge in [-0.05, 0) is 18.6 Å². The summed E-state index contributed by atoms with van der Waals surface area (Å²) in [4.78, 5) is 11.0. The SMILES string of the molecule is COC(=O)CNc1cc(OC)c(C)cc1OC. The highest BCUT2D eigenvalue weighted by atomic mass is 16.5. The number of methoxy groups -OCH3 is 3. The average Bonchev–Trinajstić information content (AvgIpc) is 2.36. The van der Waals surface area contributed by atoms with Crippen LogP contribution in [-0.4, -0.2) is 33.8 Å². The third-order valence-corrected chi connectivity index (χ3v) is 2.37. The molecule has 1 aromatic carbocycles. The molecule has 0 radical (unpaired) electrons. The zero-order valence-corrected chi connectivity index (χ0v) is 10.5. The lowest BCUT2D eigenvalue weighted by molar-refractivity contribution is -0.138. The maximum absolute atomic E-state index is 11.0. The van der Waals surface area contributed by atoms with Crippen LogP contribution < -0.4 is 14.8 Å². The minimum atomic E-state index is -0.341. The Hall–Kier alpha value is -1.91. The van der Waals surface area contributed by atoms with E-state index in [0.29, 0.717) is 11.4 Å². The van der Waals surface area contributed by atoms with Gasteiger partial charge in [-0.3, -0.25) is 4.79 Å². The number of hydrogen-bond acceptors (Lipinski definition) is 5. The van der Waals surface area contributed by atoms with Gasteiger partial charge in [-0.2, -0.15) is 0 Å². The van der Waals surface area contributed by atoms with E-state index in [-0.39, 0.29) is 12.5 Å². The minimum absolute atomic E-state index is 0.0824. The summed E-state index contributed by atoms with van der Waals surface area (Å²) in [5.74, 6) is 1.05. The summed E-state index contributed by atoms with van der Waals surface area (Å²) in [6.07, 6.45) is 0. The molecule has 0 amide bonds. The first kappa shape index (κ1) is 13.2. The molecular weight excluding hydrogens is 222 g/mol. The number of esters is 1. The van der Waals surface area contributed by atoms with E-state index in [2.05, 4.69) is 10.1 Å². The van der Waals surface area contributed by atoms with Crippen LogP contribution in [0.15, 0.2) is 12.1 Å². The number of carbonyl (C=O) groups is 1. The number of benzene rings is 1. The average molecular weight is 239 g/mol. The molecule has 0 unspecified atom stereocenters. The first-order valence-corrected chi connectivity index (χ1v) is 5.15. The highest BCUT2D eigenvalue weighted by molar-refractivity contribution is 5.76. The highest BCUT2D eigenvalue weighted by Gasteiger charge is 2.09. The lowest BCUT2D eigenvalue weighted by Gasteiger charge is -2.13. The second-order valence-electron chi connectivity index (χ2n) is 3.45. The van der Waals surface area contributed by atoms with Crippen LogP contribution in [0.4, 0.5) is 5.69 Å². The molecule has 0 saturated carbocycles. The van der Waals surface area contributed by atoms with Crippen LogP contribution >= 0.6 is 0 Å². The fraction of sp³-hybridized carbons (Fsp3) is 0.417. The van der Waals surface area contributed by atoms with Gasteiger partial charge in [-0.25, -0.2) is 0 Å². The van der Waals surface area contributed by atoms with Crippen molar-refractivity contribution in [2.45, 2.75) is 6.92 Å². The smallest absolute Gasteiger partial charge is 0.325 e. The predicted molar refractivity (Wildman–Crippen MR) is 64.8 cm³/mol. The number of carbonyl (C=O) groups excluding carboxylic acids is 1.